The molecule has 0 atom stereocenters. The maximum Gasteiger partial charge on any atom is 0.0991 e. The van der Waals surface area contributed by atoms with Gasteiger partial charge < -0.3 is 0 Å². The number of rotatable bonds is 2. The molecule has 0 bridgehead atoms. The number of nitriles is 1. The predicted octanol–water partition coefficient (Wildman–Crippen LogP) is 4.53. The van der Waals surface area contributed by atoms with Crippen molar-refractivity contribution >= 4 is 39.0 Å². The molecule has 1 nitrogen and oxygen atoms in total. The smallest absolute Gasteiger partial charge is 0.0991 e. The minimum absolute atomic E-state index is 0.701. The Labute approximate surface area is 105 Å². The monoisotopic (exact) mass is 295 g/mol. The molecular formula is C11H6BrNS2. The summed E-state index contributed by atoms with van der Waals surface area (Å²) in [6.45, 7) is 0. The van der Waals surface area contributed by atoms with Gasteiger partial charge >= 0.3 is 0 Å². The zero-order valence-corrected chi connectivity index (χ0v) is 10.8. The van der Waals surface area contributed by atoms with Gasteiger partial charge in [0.2, 0.25) is 0 Å². The second-order valence-corrected chi connectivity index (χ2v) is 6.63. The lowest BCUT2D eigenvalue weighted by Crippen LogP contribution is -1.73. The van der Waals surface area contributed by atoms with Crippen LogP contribution in [0.3, 0.4) is 0 Å². The van der Waals surface area contributed by atoms with Gasteiger partial charge in [-0.05, 0) is 52.3 Å². The van der Waals surface area contributed by atoms with Crippen LogP contribution in [0.1, 0.15) is 5.56 Å². The SMILES string of the molecule is N#Cc1ccc(Sc2ccc(Br)s2)cc1. The van der Waals surface area contributed by atoms with E-state index in [2.05, 4.69) is 28.1 Å². The number of hydrogen-bond donors (Lipinski definition) is 0. The average molecular weight is 296 g/mol. The number of halogens is 1. The van der Waals surface area contributed by atoms with Gasteiger partial charge in [0.25, 0.3) is 0 Å². The molecule has 0 radical (unpaired) electrons. The molecule has 0 saturated carbocycles. The molecule has 0 fully saturated rings. The minimum Gasteiger partial charge on any atom is -0.192 e. The molecular weight excluding hydrogens is 290 g/mol. The summed E-state index contributed by atoms with van der Waals surface area (Å²) in [6, 6.07) is 13.8. The summed E-state index contributed by atoms with van der Waals surface area (Å²) in [5, 5.41) is 8.66. The molecule has 0 unspecified atom stereocenters. The normalized spacial score (nSPS) is 9.87. The molecule has 74 valence electrons. The standard InChI is InChI=1S/C11H6BrNS2/c12-10-5-6-11(15-10)14-9-3-1-8(7-13)2-4-9/h1-6H. The Bertz CT molecular complexity index is 496. The highest BCUT2D eigenvalue weighted by Gasteiger charge is 2.00. The molecule has 0 aliphatic rings. The second-order valence-electron chi connectivity index (χ2n) is 2.80. The van der Waals surface area contributed by atoms with E-state index in [9.17, 15) is 0 Å². The number of hydrogen-bond acceptors (Lipinski definition) is 3. The lowest BCUT2D eigenvalue weighted by molar-refractivity contribution is 1.41. The summed E-state index contributed by atoms with van der Waals surface area (Å²) in [5.41, 5.74) is 0.701. The van der Waals surface area contributed by atoms with E-state index in [0.717, 1.165) is 8.68 Å². The predicted molar refractivity (Wildman–Crippen MR) is 67.3 cm³/mol. The third-order valence-electron chi connectivity index (χ3n) is 1.75. The summed E-state index contributed by atoms with van der Waals surface area (Å²) in [4.78, 5) is 1.16. The fraction of sp³-hybridized carbons (Fsp3) is 0. The number of thiophene rings is 1. The summed E-state index contributed by atoms with van der Waals surface area (Å²) in [5.74, 6) is 0. The average Bonchev–Trinajstić information content (AvgIpc) is 2.65. The largest absolute Gasteiger partial charge is 0.192 e. The van der Waals surface area contributed by atoms with Crippen molar-refractivity contribution in [3.63, 3.8) is 0 Å². The molecule has 0 aliphatic carbocycles. The minimum atomic E-state index is 0.701. The summed E-state index contributed by atoms with van der Waals surface area (Å²) in [6.07, 6.45) is 0. The highest BCUT2D eigenvalue weighted by molar-refractivity contribution is 9.11. The van der Waals surface area contributed by atoms with E-state index < -0.39 is 0 Å². The first kappa shape index (κ1) is 10.7. The maximum absolute atomic E-state index is 8.66. The molecule has 1 aromatic carbocycles. The van der Waals surface area contributed by atoms with Gasteiger partial charge in [-0.25, -0.2) is 0 Å². The van der Waals surface area contributed by atoms with Crippen LogP contribution in [0, 0.1) is 11.3 Å². The van der Waals surface area contributed by atoms with Crippen molar-refractivity contribution in [3.8, 4) is 6.07 Å². The number of benzene rings is 1. The molecule has 15 heavy (non-hydrogen) atoms. The summed E-state index contributed by atoms with van der Waals surface area (Å²) >= 11 is 6.84. The first-order chi connectivity index (χ1) is 7.28. The van der Waals surface area contributed by atoms with Crippen molar-refractivity contribution in [1.82, 2.24) is 0 Å². The molecule has 0 aliphatic heterocycles. The van der Waals surface area contributed by atoms with Gasteiger partial charge in [0, 0.05) is 4.90 Å². The van der Waals surface area contributed by atoms with Crippen molar-refractivity contribution in [2.24, 2.45) is 0 Å². The van der Waals surface area contributed by atoms with Gasteiger partial charge in [-0.15, -0.1) is 11.3 Å². The van der Waals surface area contributed by atoms with Crippen LogP contribution in [0.2, 0.25) is 0 Å². The van der Waals surface area contributed by atoms with E-state index >= 15 is 0 Å². The number of nitrogens with zero attached hydrogens (tertiary/aromatic N) is 1. The summed E-state index contributed by atoms with van der Waals surface area (Å²) < 4.78 is 2.38. The van der Waals surface area contributed by atoms with E-state index in [-0.39, 0.29) is 0 Å². The first-order valence-corrected chi connectivity index (χ1v) is 6.64. The van der Waals surface area contributed by atoms with Crippen LogP contribution in [0.15, 0.2) is 49.3 Å². The van der Waals surface area contributed by atoms with E-state index in [1.165, 1.54) is 4.21 Å². The van der Waals surface area contributed by atoms with E-state index in [1.54, 1.807) is 23.1 Å². The Morgan fingerprint density at radius 2 is 1.87 bits per heavy atom. The molecule has 2 aromatic rings. The molecule has 2 rings (SSSR count). The zero-order valence-electron chi connectivity index (χ0n) is 7.61. The van der Waals surface area contributed by atoms with Gasteiger partial charge in [0.15, 0.2) is 0 Å². The molecule has 0 N–H and O–H groups in total. The Morgan fingerprint density at radius 1 is 1.13 bits per heavy atom. The molecule has 0 saturated heterocycles. The first-order valence-electron chi connectivity index (χ1n) is 4.21. The Hall–Kier alpha value is -0.760. The third-order valence-corrected chi connectivity index (χ3v) is 4.51. The van der Waals surface area contributed by atoms with Crippen molar-refractivity contribution in [3.05, 3.63) is 45.7 Å². The van der Waals surface area contributed by atoms with Gasteiger partial charge in [-0.3, -0.25) is 0 Å². The molecule has 0 amide bonds. The lowest BCUT2D eigenvalue weighted by Gasteiger charge is -1.97. The molecule has 4 heteroatoms. The van der Waals surface area contributed by atoms with Crippen molar-refractivity contribution in [2.45, 2.75) is 9.10 Å². The van der Waals surface area contributed by atoms with Crippen LogP contribution in [0.4, 0.5) is 0 Å². The van der Waals surface area contributed by atoms with E-state index in [1.807, 2.05) is 30.3 Å². The van der Waals surface area contributed by atoms with Crippen molar-refractivity contribution < 1.29 is 0 Å². The van der Waals surface area contributed by atoms with Crippen molar-refractivity contribution in [2.75, 3.05) is 0 Å². The Kier molecular flexibility index (Phi) is 3.47. The third kappa shape index (κ3) is 2.85. The van der Waals surface area contributed by atoms with Gasteiger partial charge in [-0.1, -0.05) is 11.8 Å². The highest BCUT2D eigenvalue weighted by Crippen LogP contribution is 2.35. The van der Waals surface area contributed by atoms with Gasteiger partial charge in [-0.2, -0.15) is 5.26 Å². The highest BCUT2D eigenvalue weighted by atomic mass is 79.9. The fourth-order valence-corrected chi connectivity index (χ4v) is 3.87. The zero-order chi connectivity index (χ0) is 10.7. The van der Waals surface area contributed by atoms with Crippen LogP contribution < -0.4 is 0 Å². The Balaban J connectivity index is 2.15. The maximum atomic E-state index is 8.66. The van der Waals surface area contributed by atoms with Crippen LogP contribution in [0.25, 0.3) is 0 Å². The van der Waals surface area contributed by atoms with E-state index in [0.29, 0.717) is 5.56 Å². The quantitative estimate of drug-likeness (QED) is 0.812. The molecule has 0 spiro atoms. The van der Waals surface area contributed by atoms with Crippen LogP contribution in [-0.4, -0.2) is 0 Å². The van der Waals surface area contributed by atoms with Crippen LogP contribution >= 0.6 is 39.0 Å². The topological polar surface area (TPSA) is 23.8 Å². The van der Waals surface area contributed by atoms with Gasteiger partial charge in [0.1, 0.15) is 0 Å². The van der Waals surface area contributed by atoms with Crippen LogP contribution in [0.5, 0.6) is 0 Å². The Morgan fingerprint density at radius 3 is 2.40 bits per heavy atom. The summed E-state index contributed by atoms with van der Waals surface area (Å²) in [7, 11) is 0. The molecule has 1 aromatic heterocycles. The molecule has 1 heterocycles. The lowest BCUT2D eigenvalue weighted by atomic mass is 10.2. The second kappa shape index (κ2) is 4.84. The fourth-order valence-electron chi connectivity index (χ4n) is 1.07. The van der Waals surface area contributed by atoms with Crippen molar-refractivity contribution in [1.29, 1.82) is 5.26 Å². The van der Waals surface area contributed by atoms with E-state index in [4.69, 9.17) is 5.26 Å². The van der Waals surface area contributed by atoms with Crippen LogP contribution in [-0.2, 0) is 0 Å². The van der Waals surface area contributed by atoms with Gasteiger partial charge in [0.05, 0.1) is 19.6 Å².